The molecule has 0 atom stereocenters. The number of hydrogen-bond donors (Lipinski definition) is 0. The van der Waals surface area contributed by atoms with Gasteiger partial charge in [0.2, 0.25) is 11.8 Å². The molecule has 1 aromatic carbocycles. The maximum atomic E-state index is 11.5. The van der Waals surface area contributed by atoms with Crippen LogP contribution >= 0.6 is 0 Å². The minimum atomic E-state index is 0.209. The molecule has 0 N–H and O–H groups in total. The number of aromatic nitrogens is 4. The highest BCUT2D eigenvalue weighted by Gasteiger charge is 2.14. The number of nitrogens with zero attached hydrogens (tertiary/aromatic N) is 4. The number of carbonyl (C=O) groups is 1. The standard InChI is InChI=1S/C26H22N4O5/c1-18-22(28-26(35-18)23-8-5-11-32-23)17-33-24-10-9-20(12-27-24)16-34-25-21(15-31)14-30(29-25)13-19-6-3-2-4-7-19/h2-12,14-15H,13,16-17H2,1H3. The van der Waals surface area contributed by atoms with Crippen molar-refractivity contribution in [2.75, 3.05) is 0 Å². The second kappa shape index (κ2) is 10.1. The van der Waals surface area contributed by atoms with Crippen LogP contribution in [0.4, 0.5) is 0 Å². The van der Waals surface area contributed by atoms with Gasteiger partial charge < -0.3 is 18.3 Å². The van der Waals surface area contributed by atoms with E-state index in [1.165, 1.54) is 0 Å². The number of ether oxygens (including phenoxy) is 2. The molecule has 9 heteroatoms. The topological polar surface area (TPSA) is 105 Å². The van der Waals surface area contributed by atoms with Crippen LogP contribution in [0.25, 0.3) is 11.7 Å². The van der Waals surface area contributed by atoms with E-state index in [9.17, 15) is 4.79 Å². The second-order valence-electron chi connectivity index (χ2n) is 7.77. The Kier molecular flexibility index (Phi) is 6.38. The van der Waals surface area contributed by atoms with E-state index in [2.05, 4.69) is 15.1 Å². The minimum absolute atomic E-state index is 0.209. The van der Waals surface area contributed by atoms with Gasteiger partial charge in [-0.25, -0.2) is 9.97 Å². The van der Waals surface area contributed by atoms with Crippen molar-refractivity contribution < 1.29 is 23.1 Å². The zero-order valence-corrected chi connectivity index (χ0v) is 19.0. The van der Waals surface area contributed by atoms with E-state index in [1.54, 1.807) is 41.5 Å². The third kappa shape index (κ3) is 5.30. The van der Waals surface area contributed by atoms with Gasteiger partial charge in [0.1, 0.15) is 24.7 Å². The van der Waals surface area contributed by atoms with Crippen molar-refractivity contribution >= 4 is 6.29 Å². The van der Waals surface area contributed by atoms with Crippen molar-refractivity contribution in [1.29, 1.82) is 0 Å². The average Bonchev–Trinajstić information content (AvgIpc) is 3.63. The monoisotopic (exact) mass is 470 g/mol. The van der Waals surface area contributed by atoms with Crippen molar-refractivity contribution in [1.82, 2.24) is 19.7 Å². The highest BCUT2D eigenvalue weighted by atomic mass is 16.5. The Morgan fingerprint density at radius 2 is 1.89 bits per heavy atom. The molecule has 4 heterocycles. The maximum absolute atomic E-state index is 11.5. The fourth-order valence-electron chi connectivity index (χ4n) is 3.41. The maximum Gasteiger partial charge on any atom is 0.263 e. The molecule has 0 bridgehead atoms. The van der Waals surface area contributed by atoms with Crippen LogP contribution in [0.1, 0.15) is 32.9 Å². The minimum Gasteiger partial charge on any atom is -0.471 e. The van der Waals surface area contributed by atoms with Crippen LogP contribution in [0, 0.1) is 6.92 Å². The van der Waals surface area contributed by atoms with Crippen LogP contribution in [-0.2, 0) is 19.8 Å². The van der Waals surface area contributed by atoms with Gasteiger partial charge in [-0.05, 0) is 30.7 Å². The summed E-state index contributed by atoms with van der Waals surface area (Å²) in [6.45, 7) is 2.79. The van der Waals surface area contributed by atoms with Crippen LogP contribution in [0.3, 0.4) is 0 Å². The SMILES string of the molecule is Cc1oc(-c2ccco2)nc1COc1ccc(COc2nn(Cc3ccccc3)cc2C=O)cn1. The first kappa shape index (κ1) is 22.1. The molecule has 0 saturated carbocycles. The summed E-state index contributed by atoms with van der Waals surface area (Å²) >= 11 is 0. The van der Waals surface area contributed by atoms with Crippen molar-refractivity contribution in [2.45, 2.75) is 26.7 Å². The third-order valence-corrected chi connectivity index (χ3v) is 5.22. The lowest BCUT2D eigenvalue weighted by Crippen LogP contribution is -2.02. The summed E-state index contributed by atoms with van der Waals surface area (Å²) in [4.78, 5) is 20.2. The molecule has 4 aromatic heterocycles. The fraction of sp³-hybridized carbons (Fsp3) is 0.154. The normalized spacial score (nSPS) is 10.9. The molecular formula is C26H22N4O5. The molecule has 0 amide bonds. The lowest BCUT2D eigenvalue weighted by atomic mass is 10.2. The Hall–Kier alpha value is -4.66. The van der Waals surface area contributed by atoms with Crippen LogP contribution in [-0.4, -0.2) is 26.0 Å². The summed E-state index contributed by atoms with van der Waals surface area (Å²) < 4.78 is 24.2. The van der Waals surface area contributed by atoms with Gasteiger partial charge in [-0.2, -0.15) is 0 Å². The Morgan fingerprint density at radius 1 is 1.00 bits per heavy atom. The van der Waals surface area contributed by atoms with E-state index in [0.29, 0.717) is 41.1 Å². The van der Waals surface area contributed by atoms with E-state index in [4.69, 9.17) is 18.3 Å². The van der Waals surface area contributed by atoms with Gasteiger partial charge in [-0.15, -0.1) is 5.10 Å². The van der Waals surface area contributed by atoms with Crippen LogP contribution in [0.5, 0.6) is 11.8 Å². The van der Waals surface area contributed by atoms with Crippen LogP contribution < -0.4 is 9.47 Å². The highest BCUT2D eigenvalue weighted by Crippen LogP contribution is 2.23. The molecule has 0 saturated heterocycles. The molecule has 0 aliphatic rings. The summed E-state index contributed by atoms with van der Waals surface area (Å²) in [5, 5.41) is 4.40. The number of hydrogen-bond acceptors (Lipinski definition) is 8. The molecule has 0 spiro atoms. The van der Waals surface area contributed by atoms with Crippen molar-refractivity contribution in [3.8, 4) is 23.4 Å². The number of pyridine rings is 1. The molecule has 5 aromatic rings. The Morgan fingerprint density at radius 3 is 2.63 bits per heavy atom. The summed E-state index contributed by atoms with van der Waals surface area (Å²) in [6.07, 6.45) is 5.63. The summed E-state index contributed by atoms with van der Waals surface area (Å²) in [7, 11) is 0. The van der Waals surface area contributed by atoms with Gasteiger partial charge in [-0.3, -0.25) is 9.48 Å². The molecular weight excluding hydrogens is 448 g/mol. The van der Waals surface area contributed by atoms with E-state index in [0.717, 1.165) is 17.4 Å². The summed E-state index contributed by atoms with van der Waals surface area (Å²) in [6, 6.07) is 17.0. The zero-order chi connectivity index (χ0) is 24.0. The van der Waals surface area contributed by atoms with Crippen LogP contribution in [0.15, 0.2) is 82.1 Å². The Balaban J connectivity index is 1.17. The van der Waals surface area contributed by atoms with Gasteiger partial charge in [0, 0.05) is 24.0 Å². The van der Waals surface area contributed by atoms with Crippen molar-refractivity contribution in [2.24, 2.45) is 0 Å². The molecule has 5 rings (SSSR count). The third-order valence-electron chi connectivity index (χ3n) is 5.22. The fourth-order valence-corrected chi connectivity index (χ4v) is 3.41. The molecule has 0 aliphatic carbocycles. The first-order valence-corrected chi connectivity index (χ1v) is 10.9. The quantitative estimate of drug-likeness (QED) is 0.267. The Bertz CT molecular complexity index is 1390. The van der Waals surface area contributed by atoms with Crippen molar-refractivity contribution in [3.63, 3.8) is 0 Å². The molecule has 9 nitrogen and oxygen atoms in total. The predicted octanol–water partition coefficient (Wildman–Crippen LogP) is 4.85. The first-order chi connectivity index (χ1) is 17.2. The van der Waals surface area contributed by atoms with Gasteiger partial charge in [0.15, 0.2) is 12.0 Å². The number of rotatable bonds is 10. The van der Waals surface area contributed by atoms with E-state index in [-0.39, 0.29) is 19.1 Å². The smallest absolute Gasteiger partial charge is 0.263 e. The summed E-state index contributed by atoms with van der Waals surface area (Å²) in [5.74, 6) is 2.34. The number of carbonyl (C=O) groups excluding carboxylic acids is 1. The number of oxazole rings is 1. The Labute approximate surface area is 201 Å². The molecule has 0 unspecified atom stereocenters. The number of aryl methyl sites for hydroxylation is 1. The van der Waals surface area contributed by atoms with Gasteiger partial charge >= 0.3 is 0 Å². The van der Waals surface area contributed by atoms with Gasteiger partial charge in [0.05, 0.1) is 18.4 Å². The van der Waals surface area contributed by atoms with Gasteiger partial charge in [-0.1, -0.05) is 30.3 Å². The number of benzene rings is 1. The van der Waals surface area contributed by atoms with E-state index < -0.39 is 0 Å². The van der Waals surface area contributed by atoms with Crippen molar-refractivity contribution in [3.05, 3.63) is 101 Å². The molecule has 0 radical (unpaired) electrons. The highest BCUT2D eigenvalue weighted by molar-refractivity contribution is 5.77. The predicted molar refractivity (Wildman–Crippen MR) is 125 cm³/mol. The van der Waals surface area contributed by atoms with E-state index >= 15 is 0 Å². The molecule has 0 aliphatic heterocycles. The van der Waals surface area contributed by atoms with Gasteiger partial charge in [0.25, 0.3) is 5.89 Å². The first-order valence-electron chi connectivity index (χ1n) is 10.9. The average molecular weight is 470 g/mol. The molecule has 176 valence electrons. The molecule has 0 fully saturated rings. The molecule has 35 heavy (non-hydrogen) atoms. The van der Waals surface area contributed by atoms with Crippen LogP contribution in [0.2, 0.25) is 0 Å². The number of furan rings is 1. The zero-order valence-electron chi connectivity index (χ0n) is 19.0. The summed E-state index contributed by atoms with van der Waals surface area (Å²) in [5.41, 5.74) is 2.95. The second-order valence-corrected chi connectivity index (χ2v) is 7.77. The number of aldehydes is 1. The lowest BCUT2D eigenvalue weighted by Gasteiger charge is -2.06. The lowest BCUT2D eigenvalue weighted by molar-refractivity contribution is 0.111. The largest absolute Gasteiger partial charge is 0.471 e. The van der Waals surface area contributed by atoms with E-state index in [1.807, 2.05) is 43.3 Å².